The quantitative estimate of drug-likeness (QED) is 0.175. The number of benzene rings is 3. The first kappa shape index (κ1) is 40.1. The number of carbonyl (C=O) groups excluding carboxylic acids is 2. The molecule has 3 aliphatic heterocycles. The second-order valence-corrected chi connectivity index (χ2v) is 15.2. The van der Waals surface area contributed by atoms with Crippen LogP contribution in [-0.2, 0) is 0 Å². The van der Waals surface area contributed by atoms with E-state index in [-0.39, 0.29) is 18.3 Å². The molecular formula is C40H54BrN5O5S. The number of para-hydroxylation sites is 1. The third-order valence-corrected chi connectivity index (χ3v) is 11.9. The van der Waals surface area contributed by atoms with E-state index in [0.717, 1.165) is 87.5 Å². The van der Waals surface area contributed by atoms with Gasteiger partial charge in [0.15, 0.2) is 5.78 Å². The third-order valence-electron chi connectivity index (χ3n) is 10.1. The van der Waals surface area contributed by atoms with E-state index >= 15 is 0 Å². The molecule has 52 heavy (non-hydrogen) atoms. The van der Waals surface area contributed by atoms with Crippen molar-refractivity contribution in [2.75, 3.05) is 91.2 Å². The average molecular weight is 797 g/mol. The molecule has 2 saturated heterocycles. The highest BCUT2D eigenvalue weighted by atomic mass is 79.9. The molecule has 0 aliphatic carbocycles. The number of methoxy groups -OCH3 is 2. The van der Waals surface area contributed by atoms with Crippen molar-refractivity contribution in [2.45, 2.75) is 55.4 Å². The Hall–Kier alpha value is -3.13. The number of β-amino-alcohol motifs (C(OH)–C–C–N with tert-alkyl or cyclic N) is 1. The van der Waals surface area contributed by atoms with Crippen LogP contribution in [0.4, 0.5) is 11.4 Å². The molecule has 1 amide bonds. The number of amides is 1. The van der Waals surface area contributed by atoms with Gasteiger partial charge in [-0.25, -0.2) is 0 Å². The van der Waals surface area contributed by atoms with Gasteiger partial charge >= 0.3 is 0 Å². The highest BCUT2D eigenvalue weighted by Gasteiger charge is 2.27. The standard InChI is InChI=1S/C24H31N3O2S.C16H23BrN2O3/c1-2-22(29)19-8-9-24-21(18-19)27(20-6-3-4-7-23(20)30-24)11-5-10-25-12-14-26(15-13-25)16-17-28;1-4-19-9-5-6-11(19)10-18-16(20)14-13(21-2)8-7-12(17)15(14)22-3/h3-4,6-9,18,28H,2,5,10-17H2,1H3;7-8,11H,4-6,9-10H2,1-3H3,(H,18,20)/t;11-/m.0/s1. The predicted octanol–water partition coefficient (Wildman–Crippen LogP) is 6.56. The summed E-state index contributed by atoms with van der Waals surface area (Å²) in [5.74, 6) is 1.03. The van der Waals surface area contributed by atoms with E-state index in [4.69, 9.17) is 14.6 Å². The van der Waals surface area contributed by atoms with Crippen LogP contribution in [0.2, 0.25) is 0 Å². The maximum absolute atomic E-state index is 12.6. The van der Waals surface area contributed by atoms with Gasteiger partial charge in [0, 0.05) is 73.6 Å². The van der Waals surface area contributed by atoms with Crippen LogP contribution >= 0.6 is 27.7 Å². The number of piperazine rings is 1. The monoisotopic (exact) mass is 795 g/mol. The zero-order valence-electron chi connectivity index (χ0n) is 31.0. The predicted molar refractivity (Wildman–Crippen MR) is 213 cm³/mol. The van der Waals surface area contributed by atoms with Gasteiger partial charge in [-0.05, 0) is 91.2 Å². The van der Waals surface area contributed by atoms with Crippen LogP contribution in [-0.4, -0.2) is 124 Å². The van der Waals surface area contributed by atoms with Crippen molar-refractivity contribution in [2.24, 2.45) is 0 Å². The zero-order chi connectivity index (χ0) is 37.0. The van der Waals surface area contributed by atoms with Crippen LogP contribution in [0, 0.1) is 0 Å². The lowest BCUT2D eigenvalue weighted by Crippen LogP contribution is -2.47. The molecule has 12 heteroatoms. The molecule has 1 atom stereocenters. The first-order valence-electron chi connectivity index (χ1n) is 18.5. The van der Waals surface area contributed by atoms with Gasteiger partial charge in [-0.1, -0.05) is 43.8 Å². The fourth-order valence-electron chi connectivity index (χ4n) is 7.24. The molecule has 10 nitrogen and oxygen atoms in total. The van der Waals surface area contributed by atoms with Gasteiger partial charge in [0.25, 0.3) is 5.91 Å². The summed E-state index contributed by atoms with van der Waals surface area (Å²) in [6, 6.07) is 18.7. The number of nitrogens with one attached hydrogen (secondary N) is 1. The van der Waals surface area contributed by atoms with Gasteiger partial charge in [0.2, 0.25) is 0 Å². The number of hydrogen-bond acceptors (Lipinski definition) is 10. The van der Waals surface area contributed by atoms with Crippen molar-refractivity contribution in [3.63, 3.8) is 0 Å². The normalized spacial score (nSPS) is 17.5. The highest BCUT2D eigenvalue weighted by Crippen LogP contribution is 2.48. The van der Waals surface area contributed by atoms with Crippen molar-refractivity contribution >= 4 is 50.8 Å². The Morgan fingerprint density at radius 2 is 1.63 bits per heavy atom. The smallest absolute Gasteiger partial charge is 0.258 e. The number of fused-ring (bicyclic) bond motifs is 2. The number of ketones is 1. The summed E-state index contributed by atoms with van der Waals surface area (Å²) in [6.07, 6.45) is 3.92. The fourth-order valence-corrected chi connectivity index (χ4v) is 8.81. The van der Waals surface area contributed by atoms with Gasteiger partial charge in [0.1, 0.15) is 17.1 Å². The Bertz CT molecular complexity index is 1650. The van der Waals surface area contributed by atoms with Crippen molar-refractivity contribution < 1.29 is 24.2 Å². The van der Waals surface area contributed by atoms with Crippen LogP contribution in [0.3, 0.4) is 0 Å². The summed E-state index contributed by atoms with van der Waals surface area (Å²) >= 11 is 5.20. The van der Waals surface area contributed by atoms with Crippen LogP contribution in [0.5, 0.6) is 11.5 Å². The number of rotatable bonds is 14. The summed E-state index contributed by atoms with van der Waals surface area (Å²) < 4.78 is 11.4. The number of ether oxygens (including phenoxy) is 2. The lowest BCUT2D eigenvalue weighted by molar-refractivity contribution is 0.0933. The number of aliphatic hydroxyl groups excluding tert-OH is 1. The topological polar surface area (TPSA) is 97.8 Å². The molecule has 0 aromatic heterocycles. The molecule has 0 saturated carbocycles. The highest BCUT2D eigenvalue weighted by molar-refractivity contribution is 9.10. The van der Waals surface area contributed by atoms with Crippen molar-refractivity contribution in [1.82, 2.24) is 20.0 Å². The number of hydrogen-bond donors (Lipinski definition) is 2. The lowest BCUT2D eigenvalue weighted by atomic mass is 10.1. The molecule has 2 fully saturated rings. The van der Waals surface area contributed by atoms with E-state index in [9.17, 15) is 9.59 Å². The van der Waals surface area contributed by atoms with Crippen LogP contribution in [0.15, 0.2) is 68.9 Å². The summed E-state index contributed by atoms with van der Waals surface area (Å²) in [4.78, 5) is 37.0. The number of likely N-dealkylation sites (tertiary alicyclic amines) is 1. The summed E-state index contributed by atoms with van der Waals surface area (Å²) in [5.41, 5.74) is 3.64. The molecule has 6 rings (SSSR count). The van der Waals surface area contributed by atoms with Crippen molar-refractivity contribution in [3.05, 3.63) is 70.2 Å². The number of nitrogens with zero attached hydrogens (tertiary/aromatic N) is 4. The largest absolute Gasteiger partial charge is 0.496 e. The molecule has 2 N–H and O–H groups in total. The molecule has 282 valence electrons. The van der Waals surface area contributed by atoms with Crippen molar-refractivity contribution in [3.8, 4) is 11.5 Å². The number of Topliss-reactive ketones (excluding diaryl/α,β-unsaturated/α-hetero) is 1. The van der Waals surface area contributed by atoms with E-state index in [1.54, 1.807) is 32.0 Å². The first-order valence-corrected chi connectivity index (χ1v) is 20.1. The molecular weight excluding hydrogens is 742 g/mol. The Kier molecular flexibility index (Phi) is 15.3. The summed E-state index contributed by atoms with van der Waals surface area (Å²) in [6.45, 7) is 14.1. The minimum Gasteiger partial charge on any atom is -0.496 e. The maximum atomic E-state index is 12.6. The summed E-state index contributed by atoms with van der Waals surface area (Å²) in [7, 11) is 3.10. The Morgan fingerprint density at radius 1 is 0.904 bits per heavy atom. The van der Waals surface area contributed by atoms with Crippen LogP contribution in [0.1, 0.15) is 60.2 Å². The maximum Gasteiger partial charge on any atom is 0.258 e. The van der Waals surface area contributed by atoms with E-state index < -0.39 is 0 Å². The second-order valence-electron chi connectivity index (χ2n) is 13.2. The molecule has 3 aromatic carbocycles. The Labute approximate surface area is 321 Å². The van der Waals surface area contributed by atoms with E-state index in [1.807, 2.05) is 19.1 Å². The van der Waals surface area contributed by atoms with E-state index in [2.05, 4.69) is 84.2 Å². The Morgan fingerprint density at radius 3 is 2.33 bits per heavy atom. The number of halogens is 1. The molecule has 0 spiro atoms. The molecule has 0 unspecified atom stereocenters. The number of anilines is 2. The van der Waals surface area contributed by atoms with E-state index in [1.165, 1.54) is 21.9 Å². The summed E-state index contributed by atoms with van der Waals surface area (Å²) in [5, 5.41) is 12.1. The Balaban J connectivity index is 0.000000212. The lowest BCUT2D eigenvalue weighted by Gasteiger charge is -2.36. The molecule has 3 aliphatic rings. The molecule has 0 radical (unpaired) electrons. The fraction of sp³-hybridized carbons (Fsp3) is 0.500. The number of likely N-dealkylation sites (N-methyl/N-ethyl adjacent to an activating group) is 1. The van der Waals surface area contributed by atoms with Gasteiger partial charge < -0.3 is 29.7 Å². The van der Waals surface area contributed by atoms with Gasteiger partial charge in [-0.2, -0.15) is 0 Å². The zero-order valence-corrected chi connectivity index (χ0v) is 33.4. The molecule has 3 aromatic rings. The third kappa shape index (κ3) is 9.89. The van der Waals surface area contributed by atoms with Gasteiger partial charge in [-0.15, -0.1) is 0 Å². The van der Waals surface area contributed by atoms with Crippen LogP contribution < -0.4 is 19.7 Å². The minimum absolute atomic E-state index is 0.169. The molecule has 3 heterocycles. The number of carbonyl (C=O) groups is 2. The average Bonchev–Trinajstić information content (AvgIpc) is 3.64. The van der Waals surface area contributed by atoms with E-state index in [0.29, 0.717) is 36.1 Å². The van der Waals surface area contributed by atoms with Crippen molar-refractivity contribution in [1.29, 1.82) is 0 Å². The second kappa shape index (κ2) is 19.8. The van der Waals surface area contributed by atoms with Crippen LogP contribution in [0.25, 0.3) is 0 Å². The number of aliphatic hydroxyl groups is 1. The van der Waals surface area contributed by atoms with Gasteiger partial charge in [-0.3, -0.25) is 19.4 Å². The van der Waals surface area contributed by atoms with Gasteiger partial charge in [0.05, 0.1) is 36.7 Å². The molecule has 0 bridgehead atoms. The minimum atomic E-state index is -0.169. The SMILES string of the molecule is CCC(=O)c1ccc2c(c1)N(CCCN1CCN(CCO)CC1)c1ccccc1S2.CCN1CCC[C@H]1CNC(=O)c1c(OC)ccc(Br)c1OC. The first-order chi connectivity index (χ1) is 25.3.